The highest BCUT2D eigenvalue weighted by atomic mass is 32.2. The van der Waals surface area contributed by atoms with Crippen LogP contribution in [0.3, 0.4) is 0 Å². The third-order valence-electron chi connectivity index (χ3n) is 4.87. The molecule has 7 heteroatoms. The third kappa shape index (κ3) is 6.70. The Morgan fingerprint density at radius 2 is 1.88 bits per heavy atom. The second-order valence-electron chi connectivity index (χ2n) is 6.96. The topological polar surface area (TPSA) is 66.9 Å². The summed E-state index contributed by atoms with van der Waals surface area (Å²) in [5.74, 6) is 0.472. The highest BCUT2D eigenvalue weighted by Crippen LogP contribution is 2.22. The summed E-state index contributed by atoms with van der Waals surface area (Å²) in [5, 5.41) is 0. The van der Waals surface area contributed by atoms with Crippen LogP contribution >= 0.6 is 0 Å². The first-order valence-corrected chi connectivity index (χ1v) is 11.0. The molecule has 146 valence electrons. The van der Waals surface area contributed by atoms with Gasteiger partial charge in [-0.25, -0.2) is 8.42 Å². The number of sulfonamides is 1. The van der Waals surface area contributed by atoms with Crippen LogP contribution in [-0.4, -0.2) is 69.7 Å². The number of hydrogen-bond donors (Lipinski definition) is 0. The van der Waals surface area contributed by atoms with E-state index in [0.29, 0.717) is 38.6 Å². The van der Waals surface area contributed by atoms with Crippen LogP contribution < -0.4 is 0 Å². The van der Waals surface area contributed by atoms with E-state index in [4.69, 9.17) is 4.74 Å². The van der Waals surface area contributed by atoms with E-state index in [1.165, 1.54) is 9.87 Å². The molecule has 0 aliphatic carbocycles. The van der Waals surface area contributed by atoms with Gasteiger partial charge >= 0.3 is 0 Å². The zero-order chi connectivity index (χ0) is 19.0. The molecule has 0 atom stereocenters. The summed E-state index contributed by atoms with van der Waals surface area (Å²) in [5.41, 5.74) is 1.33. The molecule has 0 N–H and O–H groups in total. The molecule has 1 heterocycles. The van der Waals surface area contributed by atoms with Crippen molar-refractivity contribution >= 4 is 15.9 Å². The van der Waals surface area contributed by atoms with Crippen molar-refractivity contribution < 1.29 is 17.9 Å². The van der Waals surface area contributed by atoms with Gasteiger partial charge < -0.3 is 9.64 Å². The molecular weight excluding hydrogens is 352 g/mol. The van der Waals surface area contributed by atoms with Crippen molar-refractivity contribution in [3.8, 4) is 0 Å². The fourth-order valence-corrected chi connectivity index (χ4v) is 4.14. The van der Waals surface area contributed by atoms with E-state index in [9.17, 15) is 13.2 Å². The molecule has 1 aromatic rings. The molecule has 1 aliphatic heterocycles. The molecule has 1 amide bonds. The Hall–Kier alpha value is -1.44. The van der Waals surface area contributed by atoms with Crippen LogP contribution in [0.2, 0.25) is 0 Å². The predicted octanol–water partition coefficient (Wildman–Crippen LogP) is 1.77. The number of carbonyl (C=O) groups excluding carboxylic acids is 1. The zero-order valence-electron chi connectivity index (χ0n) is 15.8. The van der Waals surface area contributed by atoms with Gasteiger partial charge in [-0.3, -0.25) is 4.79 Å². The molecule has 6 nitrogen and oxygen atoms in total. The molecule has 0 bridgehead atoms. The molecule has 26 heavy (non-hydrogen) atoms. The lowest BCUT2D eigenvalue weighted by Crippen LogP contribution is -2.46. The number of ether oxygens (including phenoxy) is 1. The fourth-order valence-electron chi connectivity index (χ4n) is 3.33. The number of piperidine rings is 1. The van der Waals surface area contributed by atoms with Gasteiger partial charge in [-0.1, -0.05) is 30.3 Å². The largest absolute Gasteiger partial charge is 0.385 e. The van der Waals surface area contributed by atoms with Gasteiger partial charge in [-0.2, -0.15) is 4.31 Å². The number of benzene rings is 1. The molecule has 1 aromatic carbocycles. The van der Waals surface area contributed by atoms with Crippen molar-refractivity contribution in [3.63, 3.8) is 0 Å². The minimum atomic E-state index is -3.40. The summed E-state index contributed by atoms with van der Waals surface area (Å²) >= 11 is 0. The Kier molecular flexibility index (Phi) is 8.06. The Morgan fingerprint density at radius 3 is 2.46 bits per heavy atom. The van der Waals surface area contributed by atoms with Crippen LogP contribution in [0, 0.1) is 5.92 Å². The molecular formula is C19H30N2O4S. The van der Waals surface area contributed by atoms with E-state index in [1.54, 1.807) is 12.0 Å². The summed E-state index contributed by atoms with van der Waals surface area (Å²) in [7, 11) is -1.82. The standard InChI is InChI=1S/C19H30N2O4S/c1-25-14-6-11-21(26(2,23)24)16-19(22)20-12-9-18(10-13-20)15-17-7-4-3-5-8-17/h3-5,7-8,18H,6,9-16H2,1-2H3. The summed E-state index contributed by atoms with van der Waals surface area (Å²) in [6.07, 6.45) is 4.69. The van der Waals surface area contributed by atoms with Gasteiger partial charge in [0.05, 0.1) is 12.8 Å². The maximum atomic E-state index is 12.5. The van der Waals surface area contributed by atoms with Crippen molar-refractivity contribution in [2.45, 2.75) is 25.7 Å². The zero-order valence-corrected chi connectivity index (χ0v) is 16.6. The average molecular weight is 383 g/mol. The first kappa shape index (κ1) is 20.9. The van der Waals surface area contributed by atoms with Crippen LogP contribution in [0.1, 0.15) is 24.8 Å². The van der Waals surface area contributed by atoms with Gasteiger partial charge in [0.2, 0.25) is 15.9 Å². The monoisotopic (exact) mass is 382 g/mol. The minimum absolute atomic E-state index is 0.0775. The molecule has 0 radical (unpaired) electrons. The van der Waals surface area contributed by atoms with Crippen LogP contribution in [0.15, 0.2) is 30.3 Å². The maximum absolute atomic E-state index is 12.5. The van der Waals surface area contributed by atoms with Crippen LogP contribution in [0.5, 0.6) is 0 Å². The number of likely N-dealkylation sites (tertiary alicyclic amines) is 1. The van der Waals surface area contributed by atoms with E-state index in [-0.39, 0.29) is 12.5 Å². The number of nitrogens with zero attached hydrogens (tertiary/aromatic N) is 2. The molecule has 0 spiro atoms. The summed E-state index contributed by atoms with van der Waals surface area (Å²) < 4.78 is 30.1. The molecule has 1 aliphatic rings. The van der Waals surface area contributed by atoms with Crippen LogP contribution in [-0.2, 0) is 26.0 Å². The third-order valence-corrected chi connectivity index (χ3v) is 6.12. The van der Waals surface area contributed by atoms with Gasteiger partial charge in [-0.15, -0.1) is 0 Å². The van der Waals surface area contributed by atoms with Crippen molar-refractivity contribution in [2.75, 3.05) is 46.2 Å². The van der Waals surface area contributed by atoms with E-state index >= 15 is 0 Å². The maximum Gasteiger partial charge on any atom is 0.237 e. The number of amides is 1. The predicted molar refractivity (Wildman–Crippen MR) is 102 cm³/mol. The summed E-state index contributed by atoms with van der Waals surface area (Å²) in [4.78, 5) is 14.3. The molecule has 0 aromatic heterocycles. The highest BCUT2D eigenvalue weighted by Gasteiger charge is 2.26. The Morgan fingerprint density at radius 1 is 1.23 bits per heavy atom. The summed E-state index contributed by atoms with van der Waals surface area (Å²) in [6, 6.07) is 10.4. The molecule has 1 fully saturated rings. The quantitative estimate of drug-likeness (QED) is 0.611. The van der Waals surface area contributed by atoms with Crippen LogP contribution in [0.4, 0.5) is 0 Å². The van der Waals surface area contributed by atoms with Gasteiger partial charge in [0.25, 0.3) is 0 Å². The lowest BCUT2D eigenvalue weighted by atomic mass is 9.90. The smallest absolute Gasteiger partial charge is 0.237 e. The van der Waals surface area contributed by atoms with E-state index in [2.05, 4.69) is 24.3 Å². The lowest BCUT2D eigenvalue weighted by Gasteiger charge is -2.33. The van der Waals surface area contributed by atoms with Crippen LogP contribution in [0.25, 0.3) is 0 Å². The first-order valence-electron chi connectivity index (χ1n) is 9.16. The average Bonchev–Trinajstić information content (AvgIpc) is 2.61. The van der Waals surface area contributed by atoms with Crippen molar-refractivity contribution in [2.24, 2.45) is 5.92 Å². The molecule has 0 saturated carbocycles. The minimum Gasteiger partial charge on any atom is -0.385 e. The molecule has 0 unspecified atom stereocenters. The van der Waals surface area contributed by atoms with E-state index < -0.39 is 10.0 Å². The first-order chi connectivity index (χ1) is 12.4. The lowest BCUT2D eigenvalue weighted by molar-refractivity contribution is -0.132. The van der Waals surface area contributed by atoms with Crippen molar-refractivity contribution in [3.05, 3.63) is 35.9 Å². The second-order valence-corrected chi connectivity index (χ2v) is 8.94. The highest BCUT2D eigenvalue weighted by molar-refractivity contribution is 7.88. The molecule has 2 rings (SSSR count). The number of hydrogen-bond acceptors (Lipinski definition) is 4. The van der Waals surface area contributed by atoms with E-state index in [1.807, 2.05) is 6.07 Å². The van der Waals surface area contributed by atoms with Gasteiger partial charge in [0.1, 0.15) is 0 Å². The Balaban J connectivity index is 1.82. The number of methoxy groups -OCH3 is 1. The number of carbonyl (C=O) groups is 1. The van der Waals surface area contributed by atoms with Crippen molar-refractivity contribution in [1.29, 1.82) is 0 Å². The van der Waals surface area contributed by atoms with E-state index in [0.717, 1.165) is 25.5 Å². The molecule has 1 saturated heterocycles. The normalized spacial score (nSPS) is 16.2. The fraction of sp³-hybridized carbons (Fsp3) is 0.632. The van der Waals surface area contributed by atoms with Gasteiger partial charge in [0.15, 0.2) is 0 Å². The van der Waals surface area contributed by atoms with Gasteiger partial charge in [-0.05, 0) is 37.2 Å². The SMILES string of the molecule is COCCCN(CC(=O)N1CCC(Cc2ccccc2)CC1)S(C)(=O)=O. The van der Waals surface area contributed by atoms with Crippen molar-refractivity contribution in [1.82, 2.24) is 9.21 Å². The second kappa shape index (κ2) is 10.0. The summed E-state index contributed by atoms with van der Waals surface area (Å²) in [6.45, 7) is 2.11. The Labute approximate surface area is 157 Å². The number of rotatable bonds is 9. The van der Waals surface area contributed by atoms with Gasteiger partial charge in [0, 0.05) is 33.4 Å². The Bertz CT molecular complexity index is 655.